The minimum atomic E-state index is -0.197. The van der Waals surface area contributed by atoms with Crippen LogP contribution in [0.5, 0.6) is 0 Å². The van der Waals surface area contributed by atoms with Crippen LogP contribution in [0.15, 0.2) is 72.9 Å². The first-order valence-corrected chi connectivity index (χ1v) is 8.79. The van der Waals surface area contributed by atoms with Gasteiger partial charge < -0.3 is 10.2 Å². The molecule has 0 aliphatic carbocycles. The van der Waals surface area contributed by atoms with E-state index >= 15 is 0 Å². The second-order valence-electron chi connectivity index (χ2n) is 6.17. The maximum Gasteiger partial charge on any atom is 0.274 e. The monoisotopic (exact) mass is 345 g/mol. The molecule has 132 valence electrons. The minimum absolute atomic E-state index is 0.197. The molecule has 0 saturated heterocycles. The summed E-state index contributed by atoms with van der Waals surface area (Å²) in [4.78, 5) is 19.1. The van der Waals surface area contributed by atoms with Crippen molar-refractivity contribution in [3.8, 4) is 0 Å². The highest BCUT2D eigenvalue weighted by atomic mass is 16.1. The van der Waals surface area contributed by atoms with Crippen molar-refractivity contribution in [2.45, 2.75) is 20.4 Å². The van der Waals surface area contributed by atoms with Gasteiger partial charge >= 0.3 is 0 Å². The maximum atomic E-state index is 12.6. The molecule has 1 heterocycles. The van der Waals surface area contributed by atoms with Gasteiger partial charge in [-0.15, -0.1) is 0 Å². The quantitative estimate of drug-likeness (QED) is 0.706. The van der Waals surface area contributed by atoms with Crippen LogP contribution in [0, 0.1) is 6.92 Å². The number of nitrogens with zero attached hydrogens (tertiary/aromatic N) is 2. The molecule has 4 nitrogen and oxygen atoms in total. The standard InChI is InChI=1S/C22H23N3O/c1-3-25(16-18-10-5-4-6-11-18)19-13-14-23-21(15-19)22(26)24-20-12-8-7-9-17(20)2/h4-15H,3,16H2,1-2H3,(H,24,26). The molecule has 26 heavy (non-hydrogen) atoms. The number of aromatic nitrogens is 1. The van der Waals surface area contributed by atoms with Crippen LogP contribution in [0.3, 0.4) is 0 Å². The highest BCUT2D eigenvalue weighted by Gasteiger charge is 2.12. The molecule has 0 bridgehead atoms. The fraction of sp³-hybridized carbons (Fsp3) is 0.182. The Morgan fingerprint density at radius 1 is 1.04 bits per heavy atom. The van der Waals surface area contributed by atoms with E-state index < -0.39 is 0 Å². The summed E-state index contributed by atoms with van der Waals surface area (Å²) in [6.45, 7) is 5.71. The summed E-state index contributed by atoms with van der Waals surface area (Å²) >= 11 is 0. The third-order valence-corrected chi connectivity index (χ3v) is 4.33. The van der Waals surface area contributed by atoms with Crippen molar-refractivity contribution in [1.29, 1.82) is 0 Å². The van der Waals surface area contributed by atoms with Crippen LogP contribution < -0.4 is 10.2 Å². The smallest absolute Gasteiger partial charge is 0.274 e. The van der Waals surface area contributed by atoms with Crippen molar-refractivity contribution in [3.63, 3.8) is 0 Å². The lowest BCUT2D eigenvalue weighted by Gasteiger charge is -2.23. The zero-order chi connectivity index (χ0) is 18.4. The van der Waals surface area contributed by atoms with Gasteiger partial charge in [0.25, 0.3) is 5.91 Å². The van der Waals surface area contributed by atoms with E-state index in [2.05, 4.69) is 34.3 Å². The second kappa shape index (κ2) is 8.30. The molecule has 0 radical (unpaired) electrons. The Labute approximate surface area is 154 Å². The minimum Gasteiger partial charge on any atom is -0.367 e. The maximum absolute atomic E-state index is 12.6. The summed E-state index contributed by atoms with van der Waals surface area (Å²) in [5.41, 5.74) is 4.47. The van der Waals surface area contributed by atoms with Crippen molar-refractivity contribution in [2.24, 2.45) is 0 Å². The van der Waals surface area contributed by atoms with Crippen LogP contribution in [0.1, 0.15) is 28.5 Å². The first-order chi connectivity index (χ1) is 12.7. The van der Waals surface area contributed by atoms with Crippen molar-refractivity contribution in [2.75, 3.05) is 16.8 Å². The molecule has 0 aliphatic rings. The third-order valence-electron chi connectivity index (χ3n) is 4.33. The van der Waals surface area contributed by atoms with Crippen LogP contribution in [0.4, 0.5) is 11.4 Å². The molecule has 0 fully saturated rings. The summed E-state index contributed by atoms with van der Waals surface area (Å²) < 4.78 is 0. The predicted molar refractivity (Wildman–Crippen MR) is 107 cm³/mol. The zero-order valence-corrected chi connectivity index (χ0v) is 15.1. The number of nitrogens with one attached hydrogen (secondary N) is 1. The average Bonchev–Trinajstić information content (AvgIpc) is 2.69. The van der Waals surface area contributed by atoms with E-state index in [1.165, 1.54) is 5.56 Å². The molecule has 0 atom stereocenters. The number of benzene rings is 2. The number of carbonyl (C=O) groups is 1. The van der Waals surface area contributed by atoms with Crippen LogP contribution in [-0.2, 0) is 6.54 Å². The number of aryl methyl sites for hydroxylation is 1. The lowest BCUT2D eigenvalue weighted by molar-refractivity contribution is 0.102. The predicted octanol–water partition coefficient (Wildman–Crippen LogP) is 4.67. The molecule has 1 N–H and O–H groups in total. The zero-order valence-electron chi connectivity index (χ0n) is 15.1. The number of carbonyl (C=O) groups excluding carboxylic acids is 1. The fourth-order valence-electron chi connectivity index (χ4n) is 2.83. The number of hydrogen-bond donors (Lipinski definition) is 1. The van der Waals surface area contributed by atoms with Gasteiger partial charge in [0.15, 0.2) is 0 Å². The van der Waals surface area contributed by atoms with Gasteiger partial charge in [-0.05, 0) is 43.2 Å². The van der Waals surface area contributed by atoms with E-state index in [9.17, 15) is 4.79 Å². The normalized spacial score (nSPS) is 10.4. The van der Waals surface area contributed by atoms with Gasteiger partial charge in [-0.25, -0.2) is 0 Å². The largest absolute Gasteiger partial charge is 0.367 e. The van der Waals surface area contributed by atoms with E-state index in [0.717, 1.165) is 30.0 Å². The number of anilines is 2. The van der Waals surface area contributed by atoms with Gasteiger partial charge in [-0.2, -0.15) is 0 Å². The van der Waals surface area contributed by atoms with Gasteiger partial charge in [-0.1, -0.05) is 48.5 Å². The highest BCUT2D eigenvalue weighted by molar-refractivity contribution is 6.03. The van der Waals surface area contributed by atoms with Crippen LogP contribution >= 0.6 is 0 Å². The molecule has 2 aromatic carbocycles. The van der Waals surface area contributed by atoms with Gasteiger partial charge in [0.1, 0.15) is 5.69 Å². The average molecular weight is 345 g/mol. The Hall–Kier alpha value is -3.14. The van der Waals surface area contributed by atoms with Gasteiger partial charge in [0.2, 0.25) is 0 Å². The third kappa shape index (κ3) is 4.28. The van der Waals surface area contributed by atoms with Gasteiger partial charge in [-0.3, -0.25) is 9.78 Å². The number of rotatable bonds is 6. The van der Waals surface area contributed by atoms with E-state index in [1.807, 2.05) is 61.5 Å². The summed E-state index contributed by atoms with van der Waals surface area (Å²) in [5.74, 6) is -0.197. The molecule has 0 spiro atoms. The Morgan fingerprint density at radius 2 is 1.77 bits per heavy atom. The van der Waals surface area contributed by atoms with Crippen molar-refractivity contribution < 1.29 is 4.79 Å². The molecular weight excluding hydrogens is 322 g/mol. The summed E-state index contributed by atoms with van der Waals surface area (Å²) in [5, 5.41) is 2.94. The lowest BCUT2D eigenvalue weighted by Crippen LogP contribution is -2.23. The first-order valence-electron chi connectivity index (χ1n) is 8.79. The van der Waals surface area contributed by atoms with E-state index in [-0.39, 0.29) is 5.91 Å². The van der Waals surface area contributed by atoms with Gasteiger partial charge in [0.05, 0.1) is 0 Å². The number of para-hydroxylation sites is 1. The molecule has 3 aromatic rings. The number of pyridine rings is 1. The van der Waals surface area contributed by atoms with Crippen molar-refractivity contribution >= 4 is 17.3 Å². The second-order valence-corrected chi connectivity index (χ2v) is 6.17. The van der Waals surface area contributed by atoms with E-state index in [0.29, 0.717) is 5.69 Å². The Morgan fingerprint density at radius 3 is 2.50 bits per heavy atom. The summed E-state index contributed by atoms with van der Waals surface area (Å²) in [7, 11) is 0. The molecule has 1 amide bonds. The number of amides is 1. The summed E-state index contributed by atoms with van der Waals surface area (Å²) in [6, 6.07) is 21.8. The lowest BCUT2D eigenvalue weighted by atomic mass is 10.2. The SMILES string of the molecule is CCN(Cc1ccccc1)c1ccnc(C(=O)Nc2ccccc2C)c1. The van der Waals surface area contributed by atoms with Crippen LogP contribution in [0.2, 0.25) is 0 Å². The Balaban J connectivity index is 1.78. The molecule has 0 aliphatic heterocycles. The van der Waals surface area contributed by atoms with Crippen molar-refractivity contribution in [1.82, 2.24) is 4.98 Å². The summed E-state index contributed by atoms with van der Waals surface area (Å²) in [6.07, 6.45) is 1.69. The van der Waals surface area contributed by atoms with Crippen molar-refractivity contribution in [3.05, 3.63) is 89.7 Å². The fourth-order valence-corrected chi connectivity index (χ4v) is 2.83. The molecule has 3 rings (SSSR count). The topological polar surface area (TPSA) is 45.2 Å². The molecular formula is C22H23N3O. The Bertz CT molecular complexity index is 877. The molecule has 0 unspecified atom stereocenters. The first kappa shape index (κ1) is 17.7. The highest BCUT2D eigenvalue weighted by Crippen LogP contribution is 2.19. The van der Waals surface area contributed by atoms with E-state index in [4.69, 9.17) is 0 Å². The van der Waals surface area contributed by atoms with Crippen LogP contribution in [-0.4, -0.2) is 17.4 Å². The Kier molecular flexibility index (Phi) is 5.64. The molecule has 1 aromatic heterocycles. The van der Waals surface area contributed by atoms with Crippen LogP contribution in [0.25, 0.3) is 0 Å². The van der Waals surface area contributed by atoms with E-state index in [1.54, 1.807) is 6.20 Å². The number of hydrogen-bond acceptors (Lipinski definition) is 3. The molecule has 0 saturated carbocycles. The molecule has 4 heteroatoms. The van der Waals surface area contributed by atoms with Gasteiger partial charge in [0, 0.05) is 30.7 Å².